The van der Waals surface area contributed by atoms with Gasteiger partial charge in [0.15, 0.2) is 0 Å². The molecule has 2 rings (SSSR count). The predicted octanol–water partition coefficient (Wildman–Crippen LogP) is 3.94. The molecule has 6 heteroatoms. The molecule has 1 aliphatic heterocycles. The first-order valence-corrected chi connectivity index (χ1v) is 8.77. The number of rotatable bonds is 5. The van der Waals surface area contributed by atoms with Crippen molar-refractivity contribution in [1.29, 1.82) is 0 Å². The molecule has 0 spiro atoms. The normalized spacial score (nSPS) is 18.6. The highest BCUT2D eigenvalue weighted by molar-refractivity contribution is 8.26. The number of thioether (sulfide) groups is 1. The van der Waals surface area contributed by atoms with Crippen LogP contribution in [0.15, 0.2) is 46.9 Å². The maximum Gasteiger partial charge on any atom is 0.327 e. The Morgan fingerprint density at radius 2 is 1.92 bits per heavy atom. The van der Waals surface area contributed by atoms with Crippen molar-refractivity contribution in [3.63, 3.8) is 0 Å². The van der Waals surface area contributed by atoms with Crippen molar-refractivity contribution in [2.45, 2.75) is 26.8 Å². The Morgan fingerprint density at radius 3 is 2.46 bits per heavy atom. The van der Waals surface area contributed by atoms with E-state index in [1.54, 1.807) is 19.9 Å². The van der Waals surface area contributed by atoms with Gasteiger partial charge in [-0.2, -0.15) is 0 Å². The van der Waals surface area contributed by atoms with E-state index in [2.05, 4.69) is 0 Å². The van der Waals surface area contributed by atoms with E-state index >= 15 is 0 Å². The van der Waals surface area contributed by atoms with Crippen molar-refractivity contribution in [2.24, 2.45) is 5.92 Å². The van der Waals surface area contributed by atoms with Gasteiger partial charge in [0.2, 0.25) is 0 Å². The summed E-state index contributed by atoms with van der Waals surface area (Å²) in [7, 11) is 0. The molecule has 0 unspecified atom stereocenters. The minimum Gasteiger partial charge on any atom is -0.480 e. The Hall–Kier alpha value is -1.92. The Kier molecular flexibility index (Phi) is 5.96. The number of thiocarbonyl (C=S) groups is 1. The first-order valence-electron chi connectivity index (χ1n) is 7.54. The largest absolute Gasteiger partial charge is 0.480 e. The molecule has 1 fully saturated rings. The van der Waals surface area contributed by atoms with Crippen LogP contribution in [-0.2, 0) is 9.59 Å². The van der Waals surface area contributed by atoms with Gasteiger partial charge in [0.25, 0.3) is 5.91 Å². The van der Waals surface area contributed by atoms with Crippen LogP contribution >= 0.6 is 24.0 Å². The zero-order valence-electron chi connectivity index (χ0n) is 13.7. The van der Waals surface area contributed by atoms with Gasteiger partial charge in [-0.15, -0.1) is 0 Å². The number of aliphatic carboxylic acids is 1. The maximum absolute atomic E-state index is 12.6. The van der Waals surface area contributed by atoms with Crippen molar-refractivity contribution in [1.82, 2.24) is 4.90 Å². The Balaban J connectivity index is 2.28. The molecular weight excluding hydrogens is 342 g/mol. The molecule has 1 heterocycles. The molecule has 0 aromatic heterocycles. The lowest BCUT2D eigenvalue weighted by Crippen LogP contribution is -2.47. The number of hydrogen-bond acceptors (Lipinski definition) is 4. The zero-order valence-corrected chi connectivity index (χ0v) is 15.4. The lowest BCUT2D eigenvalue weighted by atomic mass is 10.0. The van der Waals surface area contributed by atoms with E-state index in [4.69, 9.17) is 12.2 Å². The molecular formula is C18H19NO3S2. The van der Waals surface area contributed by atoms with Gasteiger partial charge < -0.3 is 5.11 Å². The number of carbonyl (C=O) groups is 2. The van der Waals surface area contributed by atoms with Gasteiger partial charge in [-0.3, -0.25) is 9.69 Å². The van der Waals surface area contributed by atoms with Crippen molar-refractivity contribution in [2.75, 3.05) is 0 Å². The number of carboxylic acid groups (broad SMARTS) is 1. The minimum atomic E-state index is -1.04. The number of carbonyl (C=O) groups excluding carboxylic acids is 1. The second kappa shape index (κ2) is 7.77. The Morgan fingerprint density at radius 1 is 1.29 bits per heavy atom. The molecule has 1 atom stereocenters. The number of allylic oxidation sites excluding steroid dienone is 2. The van der Waals surface area contributed by atoms with Crippen LogP contribution in [0.3, 0.4) is 0 Å². The summed E-state index contributed by atoms with van der Waals surface area (Å²) in [6, 6.07) is 8.83. The summed E-state index contributed by atoms with van der Waals surface area (Å²) in [5.74, 6) is -1.61. The van der Waals surface area contributed by atoms with Crippen molar-refractivity contribution >= 4 is 46.3 Å². The first-order chi connectivity index (χ1) is 11.3. The molecule has 4 nitrogen and oxygen atoms in total. The number of benzene rings is 1. The molecule has 0 radical (unpaired) electrons. The van der Waals surface area contributed by atoms with E-state index in [1.807, 2.05) is 43.3 Å². The van der Waals surface area contributed by atoms with Gasteiger partial charge in [0, 0.05) is 0 Å². The van der Waals surface area contributed by atoms with Gasteiger partial charge >= 0.3 is 5.97 Å². The number of carboxylic acids is 1. The van der Waals surface area contributed by atoms with Crippen molar-refractivity contribution in [3.8, 4) is 0 Å². The smallest absolute Gasteiger partial charge is 0.327 e. The van der Waals surface area contributed by atoms with Crippen LogP contribution in [0, 0.1) is 5.92 Å². The SMILES string of the molecule is CC(=C/c1ccccc1)/C=C1/SC(=S)N([C@H](C(=O)O)C(C)C)C1=O. The van der Waals surface area contributed by atoms with Crippen LogP contribution in [0.25, 0.3) is 6.08 Å². The first kappa shape index (κ1) is 18.4. The molecule has 1 aromatic carbocycles. The average molecular weight is 361 g/mol. The fourth-order valence-electron chi connectivity index (χ4n) is 2.47. The van der Waals surface area contributed by atoms with Crippen LogP contribution < -0.4 is 0 Å². The van der Waals surface area contributed by atoms with Crippen molar-refractivity contribution in [3.05, 3.63) is 52.4 Å². The fourth-order valence-corrected chi connectivity index (χ4v) is 3.85. The molecule has 1 N–H and O–H groups in total. The minimum absolute atomic E-state index is 0.231. The Bertz CT molecular complexity index is 723. The number of nitrogens with zero attached hydrogens (tertiary/aromatic N) is 1. The number of amides is 1. The summed E-state index contributed by atoms with van der Waals surface area (Å²) < 4.78 is 0.292. The van der Waals surface area contributed by atoms with E-state index in [1.165, 1.54) is 4.90 Å². The molecule has 1 aliphatic rings. The van der Waals surface area contributed by atoms with Gasteiger partial charge in [0.1, 0.15) is 10.4 Å². The molecule has 0 saturated carbocycles. The van der Waals surface area contributed by atoms with Crippen LogP contribution in [0.2, 0.25) is 0 Å². The molecule has 1 saturated heterocycles. The third kappa shape index (κ3) is 4.13. The predicted molar refractivity (Wildman–Crippen MR) is 101 cm³/mol. The molecule has 0 aliphatic carbocycles. The molecule has 1 amide bonds. The summed E-state index contributed by atoms with van der Waals surface area (Å²) in [5.41, 5.74) is 1.94. The maximum atomic E-state index is 12.6. The van der Waals surface area contributed by atoms with Crippen LogP contribution in [0.5, 0.6) is 0 Å². The fraction of sp³-hybridized carbons (Fsp3) is 0.278. The number of hydrogen-bond donors (Lipinski definition) is 1. The molecule has 0 bridgehead atoms. The molecule has 126 valence electrons. The van der Waals surface area contributed by atoms with E-state index < -0.39 is 12.0 Å². The molecule has 1 aromatic rings. The van der Waals surface area contributed by atoms with E-state index in [0.717, 1.165) is 22.9 Å². The summed E-state index contributed by atoms with van der Waals surface area (Å²) in [6.45, 7) is 5.43. The topological polar surface area (TPSA) is 57.6 Å². The quantitative estimate of drug-likeness (QED) is 0.636. The highest BCUT2D eigenvalue weighted by Crippen LogP contribution is 2.35. The second-order valence-electron chi connectivity index (χ2n) is 5.88. The highest BCUT2D eigenvalue weighted by atomic mass is 32.2. The standard InChI is InChI=1S/C18H19NO3S2/c1-11(2)15(17(21)22)19-16(20)14(24-18(19)23)10-12(3)9-13-7-5-4-6-8-13/h4-11,15H,1-3H3,(H,21,22)/b12-9-,14-10+/t15-/m0/s1. The zero-order chi connectivity index (χ0) is 17.9. The van der Waals surface area contributed by atoms with Crippen LogP contribution in [-0.4, -0.2) is 32.2 Å². The van der Waals surface area contributed by atoms with Crippen LogP contribution in [0.4, 0.5) is 0 Å². The third-order valence-electron chi connectivity index (χ3n) is 3.54. The monoisotopic (exact) mass is 361 g/mol. The van der Waals surface area contributed by atoms with Gasteiger partial charge in [0.05, 0.1) is 4.91 Å². The van der Waals surface area contributed by atoms with Gasteiger partial charge in [-0.25, -0.2) is 4.79 Å². The third-order valence-corrected chi connectivity index (χ3v) is 4.87. The summed E-state index contributed by atoms with van der Waals surface area (Å²) in [5, 5.41) is 9.41. The van der Waals surface area contributed by atoms with Gasteiger partial charge in [-0.1, -0.05) is 74.2 Å². The lowest BCUT2D eigenvalue weighted by Gasteiger charge is -2.26. The van der Waals surface area contributed by atoms with E-state index in [0.29, 0.717) is 9.23 Å². The summed E-state index contributed by atoms with van der Waals surface area (Å²) >= 11 is 6.38. The Labute approximate surface area is 151 Å². The van der Waals surface area contributed by atoms with E-state index in [9.17, 15) is 14.7 Å². The molecule has 24 heavy (non-hydrogen) atoms. The van der Waals surface area contributed by atoms with E-state index in [-0.39, 0.29) is 11.8 Å². The second-order valence-corrected chi connectivity index (χ2v) is 7.55. The average Bonchev–Trinajstić information content (AvgIpc) is 2.75. The lowest BCUT2D eigenvalue weighted by molar-refractivity contribution is -0.146. The van der Waals surface area contributed by atoms with Crippen LogP contribution in [0.1, 0.15) is 26.3 Å². The summed E-state index contributed by atoms with van der Waals surface area (Å²) in [4.78, 5) is 25.8. The van der Waals surface area contributed by atoms with Crippen molar-refractivity contribution < 1.29 is 14.7 Å². The summed E-state index contributed by atoms with van der Waals surface area (Å²) in [6.07, 6.45) is 3.72. The highest BCUT2D eigenvalue weighted by Gasteiger charge is 2.41. The van der Waals surface area contributed by atoms with Gasteiger partial charge in [-0.05, 0) is 30.1 Å².